The lowest BCUT2D eigenvalue weighted by atomic mass is 10.1. The Kier molecular flexibility index (Phi) is 5.92. The van der Waals surface area contributed by atoms with Crippen molar-refractivity contribution in [1.29, 1.82) is 0 Å². The molecule has 150 valence electrons. The maximum Gasteiger partial charge on any atom is 0.266 e. The number of piperidine rings is 1. The van der Waals surface area contributed by atoms with Crippen LogP contribution in [0.1, 0.15) is 26.2 Å². The van der Waals surface area contributed by atoms with E-state index in [0.717, 1.165) is 25.9 Å². The van der Waals surface area contributed by atoms with Crippen LogP contribution in [-0.4, -0.2) is 38.7 Å². The number of benzene rings is 2. The van der Waals surface area contributed by atoms with Gasteiger partial charge >= 0.3 is 0 Å². The van der Waals surface area contributed by atoms with Gasteiger partial charge in [-0.1, -0.05) is 41.6 Å². The Balaban J connectivity index is 1.77. The summed E-state index contributed by atoms with van der Waals surface area (Å²) in [5.41, 5.74) is 1.09. The molecule has 1 aromatic heterocycles. The molecule has 0 radical (unpaired) electrons. The van der Waals surface area contributed by atoms with E-state index >= 15 is 0 Å². The summed E-state index contributed by atoms with van der Waals surface area (Å²) in [7, 11) is 0. The molecule has 29 heavy (non-hydrogen) atoms. The van der Waals surface area contributed by atoms with Crippen molar-refractivity contribution < 1.29 is 4.79 Å². The minimum absolute atomic E-state index is 0.0924. The van der Waals surface area contributed by atoms with Gasteiger partial charge in [0.1, 0.15) is 0 Å². The second-order valence-corrected chi connectivity index (χ2v) is 8.92. The predicted molar refractivity (Wildman–Crippen MR) is 118 cm³/mol. The number of carbonyl (C=O) groups excluding carboxylic acids is 1. The average Bonchev–Trinajstić information content (AvgIpc) is 2.74. The number of fused-ring (bicyclic) bond motifs is 1. The second kappa shape index (κ2) is 8.59. The third kappa shape index (κ3) is 4.19. The SMILES string of the molecule is CC(Sc1nc2ccccc2c(=O)n1-c1cccc(Cl)c1)C(=O)N1CCCCC1. The molecule has 1 atom stereocenters. The van der Waals surface area contributed by atoms with Crippen LogP contribution >= 0.6 is 23.4 Å². The monoisotopic (exact) mass is 427 g/mol. The van der Waals surface area contributed by atoms with Crippen LogP contribution in [-0.2, 0) is 4.79 Å². The van der Waals surface area contributed by atoms with Crippen LogP contribution in [0.3, 0.4) is 0 Å². The number of nitrogens with zero attached hydrogens (tertiary/aromatic N) is 3. The van der Waals surface area contributed by atoms with Crippen LogP contribution in [0.5, 0.6) is 0 Å². The summed E-state index contributed by atoms with van der Waals surface area (Å²) in [4.78, 5) is 32.8. The molecule has 0 bridgehead atoms. The molecule has 0 N–H and O–H groups in total. The van der Waals surface area contributed by atoms with E-state index in [1.807, 2.05) is 36.1 Å². The number of carbonyl (C=O) groups is 1. The normalized spacial score (nSPS) is 15.4. The second-order valence-electron chi connectivity index (χ2n) is 7.18. The molecule has 1 unspecified atom stereocenters. The molecule has 2 aromatic carbocycles. The molecule has 5 nitrogen and oxygen atoms in total. The van der Waals surface area contributed by atoms with E-state index in [-0.39, 0.29) is 16.7 Å². The van der Waals surface area contributed by atoms with Crippen LogP contribution < -0.4 is 5.56 Å². The Bertz CT molecular complexity index is 1110. The van der Waals surface area contributed by atoms with Crippen molar-refractivity contribution in [3.8, 4) is 5.69 Å². The molecular formula is C22H22ClN3O2S. The lowest BCUT2D eigenvalue weighted by Crippen LogP contribution is -2.40. The van der Waals surface area contributed by atoms with Gasteiger partial charge in [0.15, 0.2) is 5.16 Å². The predicted octanol–water partition coefficient (Wildman–Crippen LogP) is 4.53. The van der Waals surface area contributed by atoms with Crippen molar-refractivity contribution in [3.05, 3.63) is 63.9 Å². The molecule has 1 amide bonds. The number of rotatable bonds is 4. The van der Waals surface area contributed by atoms with Crippen molar-refractivity contribution in [3.63, 3.8) is 0 Å². The van der Waals surface area contributed by atoms with Gasteiger partial charge < -0.3 is 4.90 Å². The molecular weight excluding hydrogens is 406 g/mol. The number of thioether (sulfide) groups is 1. The standard InChI is InChI=1S/C22H22ClN3O2S/c1-15(20(27)25-12-5-2-6-13-25)29-22-24-19-11-4-3-10-18(19)21(28)26(22)17-9-7-8-16(23)14-17/h3-4,7-11,14-15H,2,5-6,12-13H2,1H3. The van der Waals surface area contributed by atoms with Crippen LogP contribution in [0, 0.1) is 0 Å². The highest BCUT2D eigenvalue weighted by Crippen LogP contribution is 2.27. The number of halogens is 1. The van der Waals surface area contributed by atoms with Gasteiger partial charge in [0.25, 0.3) is 5.56 Å². The van der Waals surface area contributed by atoms with E-state index in [0.29, 0.717) is 26.8 Å². The van der Waals surface area contributed by atoms with Crippen LogP contribution in [0.25, 0.3) is 16.6 Å². The summed E-state index contributed by atoms with van der Waals surface area (Å²) in [6.07, 6.45) is 3.26. The van der Waals surface area contributed by atoms with E-state index in [4.69, 9.17) is 16.6 Å². The minimum Gasteiger partial charge on any atom is -0.342 e. The zero-order chi connectivity index (χ0) is 20.4. The van der Waals surface area contributed by atoms with Crippen LogP contribution in [0.15, 0.2) is 58.5 Å². The summed E-state index contributed by atoms with van der Waals surface area (Å²) >= 11 is 7.49. The van der Waals surface area contributed by atoms with E-state index in [9.17, 15) is 9.59 Å². The first-order chi connectivity index (χ1) is 14.0. The topological polar surface area (TPSA) is 55.2 Å². The van der Waals surface area contributed by atoms with Gasteiger partial charge in [-0.3, -0.25) is 14.2 Å². The van der Waals surface area contributed by atoms with Gasteiger partial charge in [-0.2, -0.15) is 0 Å². The fourth-order valence-electron chi connectivity index (χ4n) is 3.61. The first kappa shape index (κ1) is 20.0. The molecule has 2 heterocycles. The number of amides is 1. The van der Waals surface area contributed by atoms with Gasteiger partial charge in [0, 0.05) is 18.1 Å². The van der Waals surface area contributed by atoms with Gasteiger partial charge in [-0.05, 0) is 56.5 Å². The first-order valence-corrected chi connectivity index (χ1v) is 11.0. The van der Waals surface area contributed by atoms with Crippen molar-refractivity contribution in [2.75, 3.05) is 13.1 Å². The highest BCUT2D eigenvalue weighted by atomic mass is 35.5. The molecule has 3 aromatic rings. The molecule has 1 aliphatic heterocycles. The molecule has 1 fully saturated rings. The number of hydrogen-bond donors (Lipinski definition) is 0. The van der Waals surface area contributed by atoms with Crippen LogP contribution in [0.4, 0.5) is 0 Å². The van der Waals surface area contributed by atoms with E-state index in [2.05, 4.69) is 0 Å². The Labute approximate surface area is 178 Å². The lowest BCUT2D eigenvalue weighted by Gasteiger charge is -2.29. The Morgan fingerprint density at radius 2 is 1.86 bits per heavy atom. The van der Waals surface area contributed by atoms with Crippen molar-refractivity contribution in [2.45, 2.75) is 36.6 Å². The van der Waals surface area contributed by atoms with Gasteiger partial charge in [0.2, 0.25) is 5.91 Å². The number of likely N-dealkylation sites (tertiary alicyclic amines) is 1. The van der Waals surface area contributed by atoms with E-state index in [1.54, 1.807) is 28.8 Å². The van der Waals surface area contributed by atoms with Crippen molar-refractivity contribution in [2.24, 2.45) is 0 Å². The zero-order valence-electron chi connectivity index (χ0n) is 16.2. The molecule has 4 rings (SSSR count). The molecule has 1 aliphatic rings. The lowest BCUT2D eigenvalue weighted by molar-refractivity contribution is -0.131. The average molecular weight is 428 g/mol. The highest BCUT2D eigenvalue weighted by molar-refractivity contribution is 8.00. The minimum atomic E-state index is -0.341. The number of aromatic nitrogens is 2. The van der Waals surface area contributed by atoms with Crippen molar-refractivity contribution >= 4 is 40.2 Å². The first-order valence-electron chi connectivity index (χ1n) is 9.78. The third-order valence-electron chi connectivity index (χ3n) is 5.11. The molecule has 0 saturated carbocycles. The quantitative estimate of drug-likeness (QED) is 0.453. The third-order valence-corrected chi connectivity index (χ3v) is 6.38. The smallest absolute Gasteiger partial charge is 0.266 e. The Morgan fingerprint density at radius 3 is 2.62 bits per heavy atom. The van der Waals surface area contributed by atoms with Crippen LogP contribution in [0.2, 0.25) is 5.02 Å². The summed E-state index contributed by atoms with van der Waals surface area (Å²) in [6, 6.07) is 14.4. The van der Waals surface area contributed by atoms with Gasteiger partial charge in [-0.25, -0.2) is 4.98 Å². The maximum absolute atomic E-state index is 13.3. The van der Waals surface area contributed by atoms with E-state index < -0.39 is 0 Å². The maximum atomic E-state index is 13.3. The van der Waals surface area contributed by atoms with Crippen molar-refractivity contribution in [1.82, 2.24) is 14.5 Å². The largest absolute Gasteiger partial charge is 0.342 e. The summed E-state index contributed by atoms with van der Waals surface area (Å²) < 4.78 is 1.55. The summed E-state index contributed by atoms with van der Waals surface area (Å²) in [5.74, 6) is 0.0924. The molecule has 0 aliphatic carbocycles. The summed E-state index contributed by atoms with van der Waals surface area (Å²) in [6.45, 7) is 3.48. The number of para-hydroxylation sites is 1. The highest BCUT2D eigenvalue weighted by Gasteiger charge is 2.25. The zero-order valence-corrected chi connectivity index (χ0v) is 17.7. The van der Waals surface area contributed by atoms with Gasteiger partial charge in [0.05, 0.1) is 21.8 Å². The Morgan fingerprint density at radius 1 is 1.10 bits per heavy atom. The molecule has 1 saturated heterocycles. The molecule has 0 spiro atoms. The fraction of sp³-hybridized carbons (Fsp3) is 0.318. The van der Waals surface area contributed by atoms with Gasteiger partial charge in [-0.15, -0.1) is 0 Å². The number of hydrogen-bond acceptors (Lipinski definition) is 4. The molecule has 7 heteroatoms. The summed E-state index contributed by atoms with van der Waals surface area (Å²) in [5, 5.41) is 1.23. The fourth-order valence-corrected chi connectivity index (χ4v) is 4.81. The Hall–Kier alpha value is -2.31. The van der Waals surface area contributed by atoms with E-state index in [1.165, 1.54) is 18.2 Å².